The van der Waals surface area contributed by atoms with Crippen LogP contribution in [0.5, 0.6) is 0 Å². The molecule has 1 fully saturated rings. The number of hydrogen-bond donors (Lipinski definition) is 2. The fourth-order valence-electron chi connectivity index (χ4n) is 3.33. The normalized spacial score (nSPS) is 21.0. The maximum atomic E-state index is 13.2. The van der Waals surface area contributed by atoms with Crippen molar-refractivity contribution in [2.24, 2.45) is 0 Å². The molecule has 0 aliphatic carbocycles. The molecule has 0 atom stereocenters. The first-order valence-electron chi connectivity index (χ1n) is 7.13. The Morgan fingerprint density at radius 1 is 1.29 bits per heavy atom. The summed E-state index contributed by atoms with van der Waals surface area (Å²) in [6.45, 7) is 8.56. The molecular formula is C16H22BrFN2O. The molecule has 0 aromatic heterocycles. The summed E-state index contributed by atoms with van der Waals surface area (Å²) >= 11 is 3.11. The summed E-state index contributed by atoms with van der Waals surface area (Å²) in [5.74, 6) is -0.523. The summed E-state index contributed by atoms with van der Waals surface area (Å²) in [5, 5.41) is 6.65. The van der Waals surface area contributed by atoms with Gasteiger partial charge in [-0.3, -0.25) is 4.79 Å². The van der Waals surface area contributed by atoms with Gasteiger partial charge in [-0.15, -0.1) is 0 Å². The molecule has 5 heteroatoms. The highest BCUT2D eigenvalue weighted by Crippen LogP contribution is 2.28. The second-order valence-corrected chi connectivity index (χ2v) is 7.95. The Hall–Kier alpha value is -0.940. The first-order chi connectivity index (χ1) is 9.58. The highest BCUT2D eigenvalue weighted by atomic mass is 79.9. The lowest BCUT2D eigenvalue weighted by Gasteiger charge is -2.46. The van der Waals surface area contributed by atoms with E-state index in [0.29, 0.717) is 10.0 Å². The van der Waals surface area contributed by atoms with Crippen LogP contribution in [0, 0.1) is 5.82 Å². The number of hydrogen-bond acceptors (Lipinski definition) is 2. The molecule has 0 radical (unpaired) electrons. The summed E-state index contributed by atoms with van der Waals surface area (Å²) in [5.41, 5.74) is 0.420. The molecule has 1 aromatic carbocycles. The number of carbonyl (C=O) groups is 1. The smallest absolute Gasteiger partial charge is 0.251 e. The number of halogens is 2. The zero-order valence-electron chi connectivity index (χ0n) is 12.9. The van der Waals surface area contributed by atoms with Gasteiger partial charge in [-0.1, -0.05) is 0 Å². The van der Waals surface area contributed by atoms with Crippen LogP contribution in [0.1, 0.15) is 50.9 Å². The zero-order chi connectivity index (χ0) is 15.8. The fourth-order valence-corrected chi connectivity index (χ4v) is 3.71. The molecular weight excluding hydrogens is 335 g/mol. The van der Waals surface area contributed by atoms with Crippen LogP contribution in [-0.2, 0) is 0 Å². The van der Waals surface area contributed by atoms with E-state index in [-0.39, 0.29) is 28.8 Å². The third kappa shape index (κ3) is 4.27. The number of rotatable bonds is 2. The number of carbonyl (C=O) groups excluding carboxylic acids is 1. The molecule has 0 spiro atoms. The summed E-state index contributed by atoms with van der Waals surface area (Å²) < 4.78 is 13.5. The Morgan fingerprint density at radius 2 is 1.86 bits per heavy atom. The third-order valence-corrected chi connectivity index (χ3v) is 4.31. The molecule has 2 N–H and O–H groups in total. The maximum Gasteiger partial charge on any atom is 0.251 e. The molecule has 3 nitrogen and oxygen atoms in total. The first-order valence-corrected chi connectivity index (χ1v) is 7.93. The van der Waals surface area contributed by atoms with Gasteiger partial charge in [0.25, 0.3) is 5.91 Å². The largest absolute Gasteiger partial charge is 0.349 e. The van der Waals surface area contributed by atoms with Gasteiger partial charge in [0.2, 0.25) is 0 Å². The molecule has 21 heavy (non-hydrogen) atoms. The van der Waals surface area contributed by atoms with E-state index in [1.54, 1.807) is 0 Å². The van der Waals surface area contributed by atoms with E-state index in [2.05, 4.69) is 54.3 Å². The van der Waals surface area contributed by atoms with Crippen molar-refractivity contribution in [2.45, 2.75) is 57.7 Å². The molecule has 0 unspecified atom stereocenters. The van der Waals surface area contributed by atoms with Crippen LogP contribution < -0.4 is 10.6 Å². The summed E-state index contributed by atoms with van der Waals surface area (Å²) in [7, 11) is 0. The van der Waals surface area contributed by atoms with Gasteiger partial charge in [-0.2, -0.15) is 0 Å². The van der Waals surface area contributed by atoms with E-state index >= 15 is 0 Å². The van der Waals surface area contributed by atoms with Crippen molar-refractivity contribution in [3.63, 3.8) is 0 Å². The van der Waals surface area contributed by atoms with Crippen molar-refractivity contribution < 1.29 is 9.18 Å². The number of piperidine rings is 1. The van der Waals surface area contributed by atoms with E-state index in [9.17, 15) is 9.18 Å². The Bertz CT molecular complexity index is 541. The Balaban J connectivity index is 2.10. The van der Waals surface area contributed by atoms with Gasteiger partial charge < -0.3 is 10.6 Å². The molecule has 116 valence electrons. The fraction of sp³-hybridized carbons (Fsp3) is 0.562. The van der Waals surface area contributed by atoms with Crippen LogP contribution in [0.15, 0.2) is 22.7 Å². The second-order valence-electron chi connectivity index (χ2n) is 7.10. The minimum atomic E-state index is -0.365. The number of nitrogens with one attached hydrogen (secondary N) is 2. The van der Waals surface area contributed by atoms with Gasteiger partial charge >= 0.3 is 0 Å². The monoisotopic (exact) mass is 356 g/mol. The van der Waals surface area contributed by atoms with E-state index in [1.807, 2.05) is 0 Å². The molecule has 0 bridgehead atoms. The van der Waals surface area contributed by atoms with E-state index in [4.69, 9.17) is 0 Å². The molecule has 1 heterocycles. The van der Waals surface area contributed by atoms with Crippen molar-refractivity contribution in [1.82, 2.24) is 10.6 Å². The van der Waals surface area contributed by atoms with Crippen LogP contribution >= 0.6 is 15.9 Å². The minimum absolute atomic E-state index is 0.0247. The first kappa shape index (κ1) is 16.4. The van der Waals surface area contributed by atoms with Gasteiger partial charge in [0.1, 0.15) is 5.82 Å². The molecule has 0 saturated carbocycles. The minimum Gasteiger partial charge on any atom is -0.349 e. The SMILES string of the molecule is CC1(C)CC(NC(=O)c2ccc(F)c(Br)c2)CC(C)(C)N1. The average molecular weight is 357 g/mol. The molecule has 1 aliphatic heterocycles. The standard InChI is InChI=1S/C16H22BrFN2O/c1-15(2)8-11(9-16(3,4)20-15)19-14(21)10-5-6-13(18)12(17)7-10/h5-7,11,20H,8-9H2,1-4H3,(H,19,21). The van der Waals surface area contributed by atoms with Crippen LogP contribution in [-0.4, -0.2) is 23.0 Å². The number of benzene rings is 1. The van der Waals surface area contributed by atoms with E-state index in [0.717, 1.165) is 12.8 Å². The van der Waals surface area contributed by atoms with Crippen molar-refractivity contribution in [1.29, 1.82) is 0 Å². The van der Waals surface area contributed by atoms with Gasteiger partial charge in [0, 0.05) is 22.7 Å². The Labute approximate surface area is 133 Å². The number of amides is 1. The van der Waals surface area contributed by atoms with Crippen molar-refractivity contribution in [2.75, 3.05) is 0 Å². The summed E-state index contributed by atoms with van der Waals surface area (Å²) in [6, 6.07) is 4.43. The molecule has 1 amide bonds. The van der Waals surface area contributed by atoms with Gasteiger partial charge in [0.05, 0.1) is 4.47 Å². The Morgan fingerprint density at radius 3 is 2.38 bits per heavy atom. The highest BCUT2D eigenvalue weighted by molar-refractivity contribution is 9.10. The summed E-state index contributed by atoms with van der Waals surface area (Å²) in [4.78, 5) is 12.3. The van der Waals surface area contributed by atoms with Crippen molar-refractivity contribution >= 4 is 21.8 Å². The highest BCUT2D eigenvalue weighted by Gasteiger charge is 2.38. The molecule has 2 rings (SSSR count). The third-order valence-electron chi connectivity index (χ3n) is 3.71. The second kappa shape index (κ2) is 5.69. The van der Waals surface area contributed by atoms with Gasteiger partial charge in [0.15, 0.2) is 0 Å². The van der Waals surface area contributed by atoms with Crippen molar-refractivity contribution in [3.8, 4) is 0 Å². The van der Waals surface area contributed by atoms with Crippen LogP contribution in [0.4, 0.5) is 4.39 Å². The quantitative estimate of drug-likeness (QED) is 0.849. The molecule has 1 saturated heterocycles. The van der Waals surface area contributed by atoms with Gasteiger partial charge in [-0.25, -0.2) is 4.39 Å². The van der Waals surface area contributed by atoms with Gasteiger partial charge in [-0.05, 0) is 74.7 Å². The maximum absolute atomic E-state index is 13.2. The Kier molecular flexibility index (Phi) is 4.45. The predicted molar refractivity (Wildman–Crippen MR) is 85.9 cm³/mol. The van der Waals surface area contributed by atoms with Crippen molar-refractivity contribution in [3.05, 3.63) is 34.1 Å². The average Bonchev–Trinajstić information content (AvgIpc) is 2.28. The molecule has 1 aliphatic rings. The summed E-state index contributed by atoms with van der Waals surface area (Å²) in [6.07, 6.45) is 1.73. The lowest BCUT2D eigenvalue weighted by Crippen LogP contribution is -2.62. The lowest BCUT2D eigenvalue weighted by molar-refractivity contribution is 0.0873. The lowest BCUT2D eigenvalue weighted by atomic mass is 9.79. The van der Waals surface area contributed by atoms with Crippen LogP contribution in [0.25, 0.3) is 0 Å². The van der Waals surface area contributed by atoms with Crippen LogP contribution in [0.2, 0.25) is 0 Å². The van der Waals surface area contributed by atoms with E-state index in [1.165, 1.54) is 18.2 Å². The van der Waals surface area contributed by atoms with Crippen LogP contribution in [0.3, 0.4) is 0 Å². The zero-order valence-corrected chi connectivity index (χ0v) is 14.5. The molecule has 1 aromatic rings. The topological polar surface area (TPSA) is 41.1 Å². The van der Waals surface area contributed by atoms with E-state index < -0.39 is 0 Å². The predicted octanol–water partition coefficient (Wildman–Crippen LogP) is 3.63.